The van der Waals surface area contributed by atoms with Gasteiger partial charge in [-0.05, 0) is 470 Å². The standard InChI is InChI=1S/C44H67NO2.C41H59NO3.C40H59NO2/c1-28(2)32-19-24-44(27-45-29(3)4)26-25-42(11)34(37(32)44)17-18-36-41(10)22-20-33(40(8,9)35(41)21-23-43(36,42)12)30-13-15-31(16-14-30)38(46)47-39(5,6)7;1-26(2)29-17-22-41(25-42-44)24-23-39(9)31(34(29)41)15-16-33-38(8)20-18-30(37(6,7)32(38)19-21-40(33,39)10)27-11-13-28(14-12-27)35(43)45-36(3,4)5;1-25(2)29-16-21-40(24-41-26(3)4)23-22-38(8)31(34(29)40)14-15-33-37(7)19-17-30(27-10-12-28(13-11-27)35(42)43)36(5,6)32(37)18-20-39(33,38)9/h13-16,20,29,32,34-37,45H,1,17-19,21-27H2,2-12H3;11-14,18,25,29,31-34,44H,1,15-17,19-24H2,2-10H3;10-13,17,26,29,31-34,41H,1,14-16,18-24H2,2-9H3,(H,42,43)/b;42-25+;/t32-,34+,35-,36+,37+,41-,42+,43+,44+;29-,31+,32-,33+,34+,38-,39+,40+,41+;29-,31+,32-,33+,34+,37-,38+,39+,40+/m000/s1. The molecule has 0 saturated heterocycles. The van der Waals surface area contributed by atoms with E-state index < -0.39 is 17.2 Å². The first-order valence-electron chi connectivity index (χ1n) is 54.6. The number of nitrogens with zero attached hydrogens (tertiary/aromatic N) is 1. The second-order valence-electron chi connectivity index (χ2n) is 55.5. The van der Waals surface area contributed by atoms with Gasteiger partial charge < -0.3 is 30.4 Å². The van der Waals surface area contributed by atoms with Crippen molar-refractivity contribution in [2.45, 2.75) is 391 Å². The van der Waals surface area contributed by atoms with Gasteiger partial charge in [-0.15, -0.1) is 5.16 Å². The number of fused-ring (bicyclic) bond motifs is 21. The number of rotatable bonds is 16. The Morgan fingerprint density at radius 3 is 0.978 bits per heavy atom. The van der Waals surface area contributed by atoms with Crippen molar-refractivity contribution in [1.29, 1.82) is 0 Å². The number of benzene rings is 3. The van der Waals surface area contributed by atoms with E-state index >= 15 is 0 Å². The SMILES string of the molecule is C=C(C)[C@@H]1CC[C@]2(/C=N/O)CC[C@]3(C)[C@H](CC[C@@H]4[C@@]5(C)CC=C(c6ccc(C(=O)OC(C)(C)C)cc6)C(C)(C)[C@@H]5CC[C@]43C)[C@@H]12.C=C(C)[C@@H]1CC[C@]2(CNC(C)C)CC[C@]3(C)[C@H](CC[C@@H]4[C@@]5(C)CC=C(c6ccc(C(=O)O)cc6)C(C)(C)[C@@H]5CC[C@]43C)[C@@H]12.C=C(C)[C@@H]1CC[C@]2(CNC(C)C)CC[C@]3(C)[C@H](CC[C@@H]4[C@@]5(C)CC=C(c6ccc(C(=O)OC(C)(C)C)cc6)C(C)(C)[C@@H]5CC[C@]43C)[C@@H]12. The maximum Gasteiger partial charge on any atom is 0.338 e. The van der Waals surface area contributed by atoms with Crippen molar-refractivity contribution >= 4 is 40.8 Å². The van der Waals surface area contributed by atoms with Crippen LogP contribution < -0.4 is 10.6 Å². The van der Waals surface area contributed by atoms with Crippen LogP contribution in [0.3, 0.4) is 0 Å². The summed E-state index contributed by atoms with van der Waals surface area (Å²) in [5.74, 6) is 8.86. The molecule has 3 aromatic carbocycles. The Bertz CT molecular complexity index is 5130. The molecule has 0 unspecified atom stereocenters. The number of allylic oxidation sites excluding steroid dienone is 9. The van der Waals surface area contributed by atoms with Gasteiger partial charge in [0.25, 0.3) is 0 Å². The number of hydrogen-bond donors (Lipinski definition) is 4. The fourth-order valence-electron chi connectivity index (χ4n) is 38.9. The minimum Gasteiger partial charge on any atom is -0.478 e. The first-order valence-corrected chi connectivity index (χ1v) is 54.6. The van der Waals surface area contributed by atoms with Crippen molar-refractivity contribution in [3.8, 4) is 0 Å². The Morgan fingerprint density at radius 2 is 0.681 bits per heavy atom. The van der Waals surface area contributed by atoms with Crippen LogP contribution in [0.25, 0.3) is 16.7 Å². The molecular formula is C125H185N3O7. The van der Waals surface area contributed by atoms with Crippen molar-refractivity contribution in [1.82, 2.24) is 10.6 Å². The third-order valence-electron chi connectivity index (χ3n) is 45.5. The number of carboxylic acids is 1. The normalized spacial score (nSPS) is 42.0. The highest BCUT2D eigenvalue weighted by Gasteiger charge is 2.75. The van der Waals surface area contributed by atoms with Gasteiger partial charge in [0.15, 0.2) is 0 Å². The Kier molecular flexibility index (Phi) is 26.5. The summed E-state index contributed by atoms with van der Waals surface area (Å²) in [5, 5.41) is 30.8. The molecule has 4 N–H and O–H groups in total. The second-order valence-corrected chi connectivity index (χ2v) is 55.5. The van der Waals surface area contributed by atoms with Gasteiger partial charge in [0.2, 0.25) is 0 Å². The summed E-state index contributed by atoms with van der Waals surface area (Å²) in [4.78, 5) is 36.9. The van der Waals surface area contributed by atoms with E-state index in [1.54, 1.807) is 12.1 Å². The van der Waals surface area contributed by atoms with E-state index in [9.17, 15) is 24.7 Å². The molecule has 135 heavy (non-hydrogen) atoms. The zero-order chi connectivity index (χ0) is 98.3. The van der Waals surface area contributed by atoms with E-state index in [0.29, 0.717) is 120 Å². The van der Waals surface area contributed by atoms with Gasteiger partial charge in [0.1, 0.15) is 11.2 Å². The first-order chi connectivity index (χ1) is 62.8. The highest BCUT2D eigenvalue weighted by molar-refractivity contribution is 5.91. The van der Waals surface area contributed by atoms with E-state index in [1.165, 1.54) is 204 Å². The number of oxime groups is 1. The predicted octanol–water partition coefficient (Wildman–Crippen LogP) is 32.1. The fourth-order valence-corrected chi connectivity index (χ4v) is 38.9. The lowest BCUT2D eigenvalue weighted by atomic mass is 9.32. The van der Waals surface area contributed by atoms with Gasteiger partial charge in [-0.3, -0.25) is 0 Å². The molecule has 0 spiro atoms. The second kappa shape index (κ2) is 35.2. The number of nitrogens with one attached hydrogen (secondary N) is 2. The molecule has 12 fully saturated rings. The summed E-state index contributed by atoms with van der Waals surface area (Å²) in [5.41, 5.74) is 16.7. The Labute approximate surface area is 820 Å². The van der Waals surface area contributed by atoms with Crippen molar-refractivity contribution in [2.24, 2.45) is 175 Å². The average molecular weight is 1840 g/mol. The number of aromatic carboxylic acids is 1. The number of hydrogen-bond acceptors (Lipinski definition) is 9. The Hall–Kier alpha value is -6.10. The van der Waals surface area contributed by atoms with Gasteiger partial charge in [-0.25, -0.2) is 14.4 Å². The molecule has 12 saturated carbocycles. The van der Waals surface area contributed by atoms with Crippen LogP contribution in [0.4, 0.5) is 0 Å². The summed E-state index contributed by atoms with van der Waals surface area (Å²) in [6.07, 6.45) is 44.6. The third kappa shape index (κ3) is 16.3. The zero-order valence-electron chi connectivity index (χ0n) is 90.1. The van der Waals surface area contributed by atoms with Crippen LogP contribution in [0.15, 0.2) is 133 Å². The van der Waals surface area contributed by atoms with Crippen LogP contribution in [-0.2, 0) is 9.47 Å². The zero-order valence-corrected chi connectivity index (χ0v) is 90.1. The monoisotopic (exact) mass is 1840 g/mol. The molecule has 0 aromatic heterocycles. The highest BCUT2D eigenvalue weighted by atomic mass is 16.6. The van der Waals surface area contributed by atoms with Crippen LogP contribution in [0.5, 0.6) is 0 Å². The van der Waals surface area contributed by atoms with Crippen molar-refractivity contribution in [3.63, 3.8) is 0 Å². The van der Waals surface area contributed by atoms with Crippen LogP contribution in [0, 0.1) is 170 Å². The molecule has 3 aromatic rings. The average Bonchev–Trinajstić information content (AvgIpc) is 1.65. The summed E-state index contributed by atoms with van der Waals surface area (Å²) < 4.78 is 11.3. The lowest BCUT2D eigenvalue weighted by Gasteiger charge is -2.72. The maximum atomic E-state index is 12.7. The number of ether oxygens (including phenoxy) is 2. The number of carbonyl (C=O) groups excluding carboxylic acids is 2. The number of carbonyl (C=O) groups is 3. The van der Waals surface area contributed by atoms with E-state index in [-0.39, 0.29) is 55.3 Å². The predicted molar refractivity (Wildman–Crippen MR) is 560 cm³/mol. The Morgan fingerprint density at radius 1 is 0.385 bits per heavy atom. The minimum absolute atomic E-state index is 0.0242. The molecular weight excluding hydrogens is 1660 g/mol. The molecule has 0 heterocycles. The smallest absolute Gasteiger partial charge is 0.338 e. The van der Waals surface area contributed by atoms with Gasteiger partial charge in [0.05, 0.1) is 22.9 Å². The largest absolute Gasteiger partial charge is 0.478 e. The highest BCUT2D eigenvalue weighted by Crippen LogP contribution is 2.83. The Balaban J connectivity index is 0.000000147. The van der Waals surface area contributed by atoms with E-state index in [2.05, 4.69) is 230 Å². The lowest BCUT2D eigenvalue weighted by molar-refractivity contribution is -0.225. The first kappa shape index (κ1) is 102. The molecule has 27 atom stereocenters. The van der Waals surface area contributed by atoms with Crippen LogP contribution in [0.2, 0.25) is 0 Å². The molecule has 0 amide bonds. The fraction of sp³-hybridized carbons (Fsp3) is 0.728. The van der Waals surface area contributed by atoms with Gasteiger partial charge in [-0.2, -0.15) is 0 Å². The van der Waals surface area contributed by atoms with Gasteiger partial charge >= 0.3 is 17.9 Å². The lowest BCUT2D eigenvalue weighted by Crippen LogP contribution is -2.66. The minimum atomic E-state index is -0.852. The van der Waals surface area contributed by atoms with Crippen molar-refractivity contribution in [3.05, 3.63) is 161 Å². The summed E-state index contributed by atoms with van der Waals surface area (Å²) in [7, 11) is 0. The molecule has 10 heteroatoms. The molecule has 10 nitrogen and oxygen atoms in total. The van der Waals surface area contributed by atoms with Crippen LogP contribution >= 0.6 is 0 Å². The summed E-state index contributed by atoms with van der Waals surface area (Å²) in [6, 6.07) is 25.2. The van der Waals surface area contributed by atoms with E-state index in [0.717, 1.165) is 67.6 Å². The molecule has 15 aliphatic rings. The topological polar surface area (TPSA) is 147 Å². The van der Waals surface area contributed by atoms with Crippen molar-refractivity contribution < 1.29 is 34.2 Å². The molecule has 0 aliphatic heterocycles. The number of esters is 2. The van der Waals surface area contributed by atoms with Crippen LogP contribution in [0.1, 0.15) is 415 Å². The van der Waals surface area contributed by atoms with Crippen molar-refractivity contribution in [2.75, 3.05) is 13.1 Å². The van der Waals surface area contributed by atoms with Crippen LogP contribution in [-0.4, -0.2) is 70.8 Å². The molecule has 0 bridgehead atoms. The quantitative estimate of drug-likeness (QED) is 0.0362. The van der Waals surface area contributed by atoms with Gasteiger partial charge in [-0.1, -0.05) is 223 Å². The summed E-state index contributed by atoms with van der Waals surface area (Å²) in [6.45, 7) is 83.0. The third-order valence-corrected chi connectivity index (χ3v) is 45.5. The number of carboxylic acid groups (broad SMARTS) is 1. The van der Waals surface area contributed by atoms with E-state index in [1.807, 2.05) is 84.2 Å². The van der Waals surface area contributed by atoms with Gasteiger partial charge in [0, 0.05) is 30.6 Å². The molecule has 0 radical (unpaired) electrons. The molecule has 18 rings (SSSR count). The maximum absolute atomic E-state index is 12.7. The summed E-state index contributed by atoms with van der Waals surface area (Å²) >= 11 is 0. The van der Waals surface area contributed by atoms with E-state index in [4.69, 9.17) is 9.47 Å². The molecule has 15 aliphatic carbocycles. The molecule has 742 valence electrons.